The molecule has 1 aromatic heterocycles. The number of halogens is 1. The lowest BCUT2D eigenvalue weighted by Gasteiger charge is -2.32. The van der Waals surface area contributed by atoms with Crippen molar-refractivity contribution in [1.82, 2.24) is 9.55 Å². The molecule has 33 heavy (non-hydrogen) atoms. The van der Waals surface area contributed by atoms with Crippen LogP contribution < -0.4 is 9.64 Å². The summed E-state index contributed by atoms with van der Waals surface area (Å²) in [6.07, 6.45) is 6.09. The summed E-state index contributed by atoms with van der Waals surface area (Å²) in [5, 5.41) is 0.688. The fourth-order valence-corrected chi connectivity index (χ4v) is 3.72. The Morgan fingerprint density at radius 2 is 2.03 bits per heavy atom. The molecule has 1 aliphatic heterocycles. The Balaban J connectivity index is 1.54. The molecule has 0 fully saturated rings. The number of imidazole rings is 1. The summed E-state index contributed by atoms with van der Waals surface area (Å²) in [5.74, 6) is 0.394. The van der Waals surface area contributed by atoms with Gasteiger partial charge in [0.25, 0.3) is 12.2 Å². The molecule has 4 rings (SSSR count). The largest absolute Gasteiger partial charge is 0.453 e. The molecule has 2 unspecified atom stereocenters. The predicted molar refractivity (Wildman–Crippen MR) is 126 cm³/mol. The van der Waals surface area contributed by atoms with E-state index in [0.717, 1.165) is 24.0 Å². The second-order valence-electron chi connectivity index (χ2n) is 7.98. The van der Waals surface area contributed by atoms with Crippen molar-refractivity contribution in [3.8, 4) is 5.75 Å². The minimum absolute atomic E-state index is 0.219. The highest BCUT2D eigenvalue weighted by Gasteiger charge is 2.33. The van der Waals surface area contributed by atoms with Crippen molar-refractivity contribution in [2.24, 2.45) is 0 Å². The van der Waals surface area contributed by atoms with E-state index in [9.17, 15) is 4.79 Å². The molecule has 1 aliphatic rings. The second-order valence-corrected chi connectivity index (χ2v) is 8.42. The van der Waals surface area contributed by atoms with E-state index in [4.69, 9.17) is 25.8 Å². The molecule has 0 bridgehead atoms. The fraction of sp³-hybridized carbons (Fsp3) is 0.360. The van der Waals surface area contributed by atoms with Gasteiger partial charge in [-0.3, -0.25) is 4.79 Å². The standard InChI is InChI=1S/C25H28ClN3O4/c1-3-4-13-31-25-24(30)28(2)21-14-19(7-10-22(21)33-25)23(15-29-12-11-27-17-29)32-16-18-5-8-20(26)9-6-18/h5-12,14,17,23,25H,3-4,13,15-16H2,1-2H3. The lowest BCUT2D eigenvalue weighted by atomic mass is 10.1. The number of aromatic nitrogens is 2. The molecule has 174 valence electrons. The van der Waals surface area contributed by atoms with Gasteiger partial charge in [-0.05, 0) is 41.8 Å². The molecule has 2 atom stereocenters. The van der Waals surface area contributed by atoms with E-state index in [-0.39, 0.29) is 12.0 Å². The number of ether oxygens (including phenoxy) is 3. The number of anilines is 1. The van der Waals surface area contributed by atoms with Gasteiger partial charge in [0.1, 0.15) is 11.9 Å². The van der Waals surface area contributed by atoms with Crippen LogP contribution in [-0.2, 0) is 27.4 Å². The third-order valence-corrected chi connectivity index (χ3v) is 5.80. The number of unbranched alkanes of at least 4 members (excludes halogenated alkanes) is 1. The lowest BCUT2D eigenvalue weighted by molar-refractivity contribution is -0.151. The number of hydrogen-bond acceptors (Lipinski definition) is 5. The van der Waals surface area contributed by atoms with Crippen molar-refractivity contribution in [2.75, 3.05) is 18.6 Å². The van der Waals surface area contributed by atoms with E-state index in [0.29, 0.717) is 36.2 Å². The van der Waals surface area contributed by atoms with E-state index in [1.165, 1.54) is 0 Å². The topological polar surface area (TPSA) is 65.8 Å². The van der Waals surface area contributed by atoms with E-state index in [2.05, 4.69) is 11.9 Å². The summed E-state index contributed by atoms with van der Waals surface area (Å²) in [5.41, 5.74) is 2.65. The highest BCUT2D eigenvalue weighted by atomic mass is 35.5. The van der Waals surface area contributed by atoms with Crippen molar-refractivity contribution < 1.29 is 19.0 Å². The van der Waals surface area contributed by atoms with Gasteiger partial charge in [-0.25, -0.2) is 4.98 Å². The lowest BCUT2D eigenvalue weighted by Crippen LogP contribution is -2.45. The molecule has 0 spiro atoms. The summed E-state index contributed by atoms with van der Waals surface area (Å²) >= 11 is 6.00. The maximum Gasteiger partial charge on any atom is 0.296 e. The molecule has 1 amide bonds. The van der Waals surface area contributed by atoms with Gasteiger partial charge in [0.15, 0.2) is 0 Å². The third-order valence-electron chi connectivity index (χ3n) is 5.55. The molecular weight excluding hydrogens is 442 g/mol. The summed E-state index contributed by atoms with van der Waals surface area (Å²) in [4.78, 5) is 18.5. The SMILES string of the molecule is CCCCOC1Oc2ccc(C(Cn3ccnc3)OCc3ccc(Cl)cc3)cc2N(C)C1=O. The molecule has 7 nitrogen and oxygen atoms in total. The summed E-state index contributed by atoms with van der Waals surface area (Å²) in [7, 11) is 1.74. The van der Waals surface area contributed by atoms with E-state index in [1.54, 1.807) is 24.5 Å². The minimum atomic E-state index is -0.914. The van der Waals surface area contributed by atoms with Crippen molar-refractivity contribution in [1.29, 1.82) is 0 Å². The molecule has 0 saturated heterocycles. The monoisotopic (exact) mass is 469 g/mol. The first-order valence-electron chi connectivity index (χ1n) is 11.1. The van der Waals surface area contributed by atoms with Gasteiger partial charge in [0.05, 0.1) is 31.8 Å². The van der Waals surface area contributed by atoms with Crippen LogP contribution in [0.2, 0.25) is 5.02 Å². The number of carbonyl (C=O) groups is 1. The molecular formula is C25H28ClN3O4. The Bertz CT molecular complexity index is 1060. The van der Waals surface area contributed by atoms with Crippen molar-refractivity contribution in [3.63, 3.8) is 0 Å². The highest BCUT2D eigenvalue weighted by Crippen LogP contribution is 2.37. The zero-order valence-electron chi connectivity index (χ0n) is 18.8. The Hall–Kier alpha value is -2.87. The maximum atomic E-state index is 12.8. The molecule has 8 heteroatoms. The second kappa shape index (κ2) is 10.8. The van der Waals surface area contributed by atoms with Crippen molar-refractivity contribution in [2.45, 2.75) is 45.3 Å². The van der Waals surface area contributed by atoms with Gasteiger partial charge >= 0.3 is 0 Å². The molecule has 3 aromatic rings. The minimum Gasteiger partial charge on any atom is -0.453 e. The number of hydrogen-bond donors (Lipinski definition) is 0. The van der Waals surface area contributed by atoms with Gasteiger partial charge in [-0.15, -0.1) is 0 Å². The molecule has 0 saturated carbocycles. The van der Waals surface area contributed by atoms with Crippen LogP contribution in [0.15, 0.2) is 61.2 Å². The number of carbonyl (C=O) groups excluding carboxylic acids is 1. The van der Waals surface area contributed by atoms with E-state index < -0.39 is 6.29 Å². The number of amides is 1. The average molecular weight is 470 g/mol. The van der Waals surface area contributed by atoms with Gasteiger partial charge < -0.3 is 23.7 Å². The van der Waals surface area contributed by atoms with Crippen LogP contribution in [0.4, 0.5) is 5.69 Å². The zero-order valence-corrected chi connectivity index (χ0v) is 19.6. The summed E-state index contributed by atoms with van der Waals surface area (Å²) < 4.78 is 19.8. The van der Waals surface area contributed by atoms with Crippen LogP contribution in [0.3, 0.4) is 0 Å². The van der Waals surface area contributed by atoms with Crippen LogP contribution >= 0.6 is 11.6 Å². The highest BCUT2D eigenvalue weighted by molar-refractivity contribution is 6.30. The predicted octanol–water partition coefficient (Wildman–Crippen LogP) is 4.99. The van der Waals surface area contributed by atoms with Crippen LogP contribution in [-0.4, -0.2) is 35.4 Å². The number of benzene rings is 2. The molecule has 0 radical (unpaired) electrons. The van der Waals surface area contributed by atoms with Crippen LogP contribution in [0.25, 0.3) is 0 Å². The Morgan fingerprint density at radius 3 is 2.76 bits per heavy atom. The molecule has 2 aromatic carbocycles. The number of likely N-dealkylation sites (N-methyl/N-ethyl adjacent to an activating group) is 1. The smallest absolute Gasteiger partial charge is 0.296 e. The van der Waals surface area contributed by atoms with Crippen LogP contribution in [0.1, 0.15) is 37.0 Å². The molecule has 2 heterocycles. The van der Waals surface area contributed by atoms with Crippen LogP contribution in [0.5, 0.6) is 5.75 Å². The number of nitrogens with zero attached hydrogens (tertiary/aromatic N) is 3. The fourth-order valence-electron chi connectivity index (χ4n) is 3.60. The number of fused-ring (bicyclic) bond motifs is 1. The summed E-state index contributed by atoms with van der Waals surface area (Å²) in [6.45, 7) is 3.56. The Morgan fingerprint density at radius 1 is 1.21 bits per heavy atom. The van der Waals surface area contributed by atoms with Gasteiger partial charge in [0, 0.05) is 24.5 Å². The first-order chi connectivity index (χ1) is 16.0. The van der Waals surface area contributed by atoms with E-state index in [1.807, 2.05) is 53.2 Å². The quantitative estimate of drug-likeness (QED) is 0.391. The number of rotatable bonds is 10. The first kappa shape index (κ1) is 23.3. The normalized spacial score (nSPS) is 16.4. The molecule has 0 N–H and O–H groups in total. The summed E-state index contributed by atoms with van der Waals surface area (Å²) in [6, 6.07) is 13.4. The van der Waals surface area contributed by atoms with Crippen molar-refractivity contribution in [3.05, 3.63) is 77.3 Å². The first-order valence-corrected chi connectivity index (χ1v) is 11.4. The van der Waals surface area contributed by atoms with Gasteiger partial charge in [-0.1, -0.05) is 43.1 Å². The average Bonchev–Trinajstić information content (AvgIpc) is 3.34. The molecule has 0 aliphatic carbocycles. The van der Waals surface area contributed by atoms with Crippen LogP contribution in [0, 0.1) is 0 Å². The van der Waals surface area contributed by atoms with Gasteiger partial charge in [-0.2, -0.15) is 0 Å². The van der Waals surface area contributed by atoms with E-state index >= 15 is 0 Å². The zero-order chi connectivity index (χ0) is 23.2. The van der Waals surface area contributed by atoms with Gasteiger partial charge in [0.2, 0.25) is 0 Å². The Labute approximate surface area is 198 Å². The third kappa shape index (κ3) is 5.74. The maximum absolute atomic E-state index is 12.8. The Kier molecular flexibility index (Phi) is 7.65. The van der Waals surface area contributed by atoms with Crippen molar-refractivity contribution >= 4 is 23.2 Å².